The van der Waals surface area contributed by atoms with Crippen molar-refractivity contribution < 1.29 is 14.7 Å². The van der Waals surface area contributed by atoms with Crippen molar-refractivity contribution >= 4 is 17.5 Å². The zero-order chi connectivity index (χ0) is 15.8. The number of rotatable bonds is 6. The van der Waals surface area contributed by atoms with E-state index >= 15 is 0 Å². The molecule has 1 aromatic rings. The number of amides is 2. The molecule has 0 aromatic heterocycles. The first-order chi connectivity index (χ1) is 9.93. The van der Waals surface area contributed by atoms with Crippen LogP contribution in [-0.4, -0.2) is 29.6 Å². The van der Waals surface area contributed by atoms with Crippen molar-refractivity contribution in [2.45, 2.75) is 45.6 Å². The van der Waals surface area contributed by atoms with E-state index in [1.165, 1.54) is 0 Å². The quantitative estimate of drug-likeness (QED) is 0.702. The van der Waals surface area contributed by atoms with Crippen molar-refractivity contribution in [3.63, 3.8) is 0 Å². The minimum absolute atomic E-state index is 0.0778. The fourth-order valence-corrected chi connectivity index (χ4v) is 1.92. The molecule has 0 fully saturated rings. The average Bonchev–Trinajstić information content (AvgIpc) is 2.45. The van der Waals surface area contributed by atoms with E-state index in [1.807, 2.05) is 18.2 Å². The van der Waals surface area contributed by atoms with Gasteiger partial charge in [0, 0.05) is 18.3 Å². The molecule has 0 saturated heterocycles. The molecule has 1 aromatic carbocycles. The largest absolute Gasteiger partial charge is 0.396 e. The van der Waals surface area contributed by atoms with E-state index in [2.05, 4.69) is 24.5 Å². The monoisotopic (exact) mass is 292 g/mol. The number of carbonyl (C=O) groups excluding carboxylic acids is 2. The van der Waals surface area contributed by atoms with Crippen LogP contribution in [0.25, 0.3) is 0 Å². The number of anilines is 1. The lowest BCUT2D eigenvalue weighted by Gasteiger charge is -2.13. The van der Waals surface area contributed by atoms with Gasteiger partial charge in [0.05, 0.1) is 0 Å². The number of benzene rings is 1. The molecule has 5 nitrogen and oxygen atoms in total. The molecule has 0 radical (unpaired) electrons. The molecule has 116 valence electrons. The number of hydrogen-bond donors (Lipinski definition) is 3. The summed E-state index contributed by atoms with van der Waals surface area (Å²) in [5, 5.41) is 13.9. The summed E-state index contributed by atoms with van der Waals surface area (Å²) in [5.74, 6) is -0.976. The van der Waals surface area contributed by atoms with Crippen molar-refractivity contribution in [3.8, 4) is 0 Å². The highest BCUT2D eigenvalue weighted by atomic mass is 16.3. The van der Waals surface area contributed by atoms with Gasteiger partial charge in [-0.15, -0.1) is 0 Å². The number of carbonyl (C=O) groups is 2. The fourth-order valence-electron chi connectivity index (χ4n) is 1.92. The van der Waals surface area contributed by atoms with Gasteiger partial charge < -0.3 is 15.7 Å². The Morgan fingerprint density at radius 3 is 2.52 bits per heavy atom. The van der Waals surface area contributed by atoms with Gasteiger partial charge in [-0.2, -0.15) is 0 Å². The summed E-state index contributed by atoms with van der Waals surface area (Å²) in [6.07, 6.45) is 1.23. The molecule has 0 aliphatic rings. The molecule has 5 heteroatoms. The summed E-state index contributed by atoms with van der Waals surface area (Å²) in [7, 11) is 0. The second-order valence-corrected chi connectivity index (χ2v) is 5.47. The van der Waals surface area contributed by atoms with Gasteiger partial charge in [-0.1, -0.05) is 26.0 Å². The van der Waals surface area contributed by atoms with Crippen LogP contribution in [0.2, 0.25) is 0 Å². The zero-order valence-corrected chi connectivity index (χ0v) is 12.8. The molecule has 1 unspecified atom stereocenters. The van der Waals surface area contributed by atoms with E-state index < -0.39 is 11.8 Å². The van der Waals surface area contributed by atoms with Crippen molar-refractivity contribution in [1.29, 1.82) is 0 Å². The summed E-state index contributed by atoms with van der Waals surface area (Å²) in [4.78, 5) is 23.6. The van der Waals surface area contributed by atoms with Gasteiger partial charge in [-0.3, -0.25) is 9.59 Å². The smallest absolute Gasteiger partial charge is 0.313 e. The fraction of sp³-hybridized carbons (Fsp3) is 0.500. The highest BCUT2D eigenvalue weighted by molar-refractivity contribution is 6.39. The first kappa shape index (κ1) is 17.2. The summed E-state index contributed by atoms with van der Waals surface area (Å²) < 4.78 is 0. The van der Waals surface area contributed by atoms with Gasteiger partial charge in [0.15, 0.2) is 0 Å². The van der Waals surface area contributed by atoms with Crippen LogP contribution >= 0.6 is 0 Å². The molecular weight excluding hydrogens is 268 g/mol. The van der Waals surface area contributed by atoms with Gasteiger partial charge in [-0.25, -0.2) is 0 Å². The lowest BCUT2D eigenvalue weighted by Crippen LogP contribution is -2.40. The lowest BCUT2D eigenvalue weighted by atomic mass is 10.0. The molecule has 1 rings (SSSR count). The Labute approximate surface area is 125 Å². The van der Waals surface area contributed by atoms with Crippen LogP contribution in [0, 0.1) is 0 Å². The van der Waals surface area contributed by atoms with Crippen molar-refractivity contribution in [1.82, 2.24) is 5.32 Å². The van der Waals surface area contributed by atoms with Crippen molar-refractivity contribution in [3.05, 3.63) is 29.8 Å². The van der Waals surface area contributed by atoms with Crippen LogP contribution in [0.15, 0.2) is 24.3 Å². The third-order valence-electron chi connectivity index (χ3n) is 3.19. The Balaban J connectivity index is 2.56. The molecule has 0 bridgehead atoms. The van der Waals surface area contributed by atoms with E-state index in [0.29, 0.717) is 24.4 Å². The van der Waals surface area contributed by atoms with Gasteiger partial charge in [0.2, 0.25) is 0 Å². The summed E-state index contributed by atoms with van der Waals surface area (Å²) >= 11 is 0. The molecule has 0 aliphatic heterocycles. The Bertz CT molecular complexity index is 486. The Hall–Kier alpha value is -1.88. The van der Waals surface area contributed by atoms with Gasteiger partial charge in [0.25, 0.3) is 0 Å². The van der Waals surface area contributed by atoms with Crippen LogP contribution < -0.4 is 10.6 Å². The second kappa shape index (κ2) is 8.42. The maximum atomic E-state index is 11.8. The maximum Gasteiger partial charge on any atom is 0.313 e. The molecule has 3 N–H and O–H groups in total. The molecule has 0 saturated carbocycles. The third-order valence-corrected chi connectivity index (χ3v) is 3.19. The van der Waals surface area contributed by atoms with E-state index in [9.17, 15) is 9.59 Å². The van der Waals surface area contributed by atoms with E-state index in [-0.39, 0.29) is 12.6 Å². The van der Waals surface area contributed by atoms with Crippen LogP contribution in [0.1, 0.15) is 45.1 Å². The zero-order valence-electron chi connectivity index (χ0n) is 12.8. The number of nitrogens with one attached hydrogen (secondary N) is 2. The molecule has 2 amide bonds. The van der Waals surface area contributed by atoms with Crippen LogP contribution in [0.5, 0.6) is 0 Å². The summed E-state index contributed by atoms with van der Waals surface area (Å²) in [5.41, 5.74) is 1.72. The standard InChI is InChI=1S/C16H24N2O3/c1-11(2)13-7-4-8-14(10-13)18-16(21)15(20)17-12(3)6-5-9-19/h4,7-8,10-12,19H,5-6,9H2,1-3H3,(H,17,20)(H,18,21). The lowest BCUT2D eigenvalue weighted by molar-refractivity contribution is -0.136. The van der Waals surface area contributed by atoms with Gasteiger partial charge in [-0.05, 0) is 43.4 Å². The molecule has 0 heterocycles. The van der Waals surface area contributed by atoms with E-state index in [1.54, 1.807) is 13.0 Å². The normalized spacial score (nSPS) is 12.0. The first-order valence-corrected chi connectivity index (χ1v) is 7.26. The molecule has 21 heavy (non-hydrogen) atoms. The van der Waals surface area contributed by atoms with Crippen molar-refractivity contribution in [2.75, 3.05) is 11.9 Å². The first-order valence-electron chi connectivity index (χ1n) is 7.26. The van der Waals surface area contributed by atoms with E-state index in [4.69, 9.17) is 5.11 Å². The summed E-state index contributed by atoms with van der Waals surface area (Å²) in [6.45, 7) is 6.02. The highest BCUT2D eigenvalue weighted by Gasteiger charge is 2.16. The second-order valence-electron chi connectivity index (χ2n) is 5.47. The number of hydrogen-bond acceptors (Lipinski definition) is 3. The van der Waals surface area contributed by atoms with Crippen LogP contribution in [0.3, 0.4) is 0 Å². The molecular formula is C16H24N2O3. The Kier molecular flexibility index (Phi) is 6.88. The molecule has 0 aliphatic carbocycles. The van der Waals surface area contributed by atoms with Gasteiger partial charge >= 0.3 is 11.8 Å². The topological polar surface area (TPSA) is 78.4 Å². The SMILES string of the molecule is CC(CCCO)NC(=O)C(=O)Nc1cccc(C(C)C)c1. The predicted octanol–water partition coefficient (Wildman–Crippen LogP) is 2.03. The van der Waals surface area contributed by atoms with Crippen LogP contribution in [-0.2, 0) is 9.59 Å². The predicted molar refractivity (Wildman–Crippen MR) is 83.1 cm³/mol. The maximum absolute atomic E-state index is 11.8. The number of aliphatic hydroxyl groups is 1. The van der Waals surface area contributed by atoms with E-state index in [0.717, 1.165) is 5.56 Å². The Morgan fingerprint density at radius 1 is 1.19 bits per heavy atom. The molecule has 1 atom stereocenters. The minimum Gasteiger partial charge on any atom is -0.396 e. The van der Waals surface area contributed by atoms with Gasteiger partial charge in [0.1, 0.15) is 0 Å². The van der Waals surface area contributed by atoms with Crippen molar-refractivity contribution in [2.24, 2.45) is 0 Å². The number of aliphatic hydroxyl groups excluding tert-OH is 1. The van der Waals surface area contributed by atoms with Crippen LogP contribution in [0.4, 0.5) is 5.69 Å². The Morgan fingerprint density at radius 2 is 1.90 bits per heavy atom. The minimum atomic E-state index is -0.674. The average molecular weight is 292 g/mol. The highest BCUT2D eigenvalue weighted by Crippen LogP contribution is 2.18. The molecule has 0 spiro atoms. The third kappa shape index (κ3) is 5.95. The summed E-state index contributed by atoms with van der Waals surface area (Å²) in [6, 6.07) is 7.32.